The summed E-state index contributed by atoms with van der Waals surface area (Å²) in [5, 5.41) is 0. The fourth-order valence-electron chi connectivity index (χ4n) is 2.11. The van der Waals surface area contributed by atoms with Crippen molar-refractivity contribution in [1.82, 2.24) is 0 Å². The summed E-state index contributed by atoms with van der Waals surface area (Å²) < 4.78 is 0. The number of rotatable bonds is 5. The molecule has 0 aliphatic carbocycles. The summed E-state index contributed by atoms with van der Waals surface area (Å²) in [7, 11) is 0. The zero-order valence-electron chi connectivity index (χ0n) is 10.2. The first-order chi connectivity index (χ1) is 7.15. The third kappa shape index (κ3) is 3.58. The second kappa shape index (κ2) is 5.79. The number of nitrogen functional groups attached to an aromatic ring is 1. The molecular formula is C14H23N. The van der Waals surface area contributed by atoms with Gasteiger partial charge in [-0.3, -0.25) is 0 Å². The molecule has 0 saturated heterocycles. The molecule has 1 aromatic rings. The molecule has 0 amide bonds. The summed E-state index contributed by atoms with van der Waals surface area (Å²) in [6.07, 6.45) is 3.64. The maximum Gasteiger partial charge on any atom is 0.0346 e. The van der Waals surface area contributed by atoms with E-state index in [9.17, 15) is 0 Å². The lowest BCUT2D eigenvalue weighted by atomic mass is 9.87. The molecule has 0 saturated carbocycles. The Hall–Kier alpha value is -0.980. The molecule has 0 bridgehead atoms. The van der Waals surface area contributed by atoms with Crippen LogP contribution in [0.1, 0.15) is 39.2 Å². The highest BCUT2D eigenvalue weighted by Crippen LogP contribution is 2.22. The Morgan fingerprint density at radius 2 is 1.87 bits per heavy atom. The number of aryl methyl sites for hydroxylation is 1. The summed E-state index contributed by atoms with van der Waals surface area (Å²) in [6, 6.07) is 8.20. The molecular weight excluding hydrogens is 182 g/mol. The fraction of sp³-hybridized carbons (Fsp3) is 0.571. The second-order valence-electron chi connectivity index (χ2n) is 4.65. The molecule has 1 rings (SSSR count). The van der Waals surface area contributed by atoms with Gasteiger partial charge in [0.05, 0.1) is 0 Å². The van der Waals surface area contributed by atoms with Crippen LogP contribution in [0.5, 0.6) is 0 Å². The van der Waals surface area contributed by atoms with Crippen LogP contribution in [-0.4, -0.2) is 0 Å². The predicted octanol–water partition coefficient (Wildman–Crippen LogP) is 3.88. The molecule has 1 aromatic carbocycles. The van der Waals surface area contributed by atoms with Gasteiger partial charge in [-0.15, -0.1) is 0 Å². The lowest BCUT2D eigenvalue weighted by Gasteiger charge is -2.19. The zero-order chi connectivity index (χ0) is 11.3. The van der Waals surface area contributed by atoms with Crippen LogP contribution in [-0.2, 0) is 6.42 Å². The number of hydrogen-bond acceptors (Lipinski definition) is 1. The van der Waals surface area contributed by atoms with Crippen LogP contribution in [0.15, 0.2) is 24.3 Å². The van der Waals surface area contributed by atoms with E-state index < -0.39 is 0 Å². The van der Waals surface area contributed by atoms with Gasteiger partial charge in [0.1, 0.15) is 0 Å². The van der Waals surface area contributed by atoms with Crippen molar-refractivity contribution in [2.24, 2.45) is 11.8 Å². The van der Waals surface area contributed by atoms with E-state index in [1.807, 2.05) is 12.1 Å². The van der Waals surface area contributed by atoms with Crippen molar-refractivity contribution in [3.05, 3.63) is 29.8 Å². The average Bonchev–Trinajstić information content (AvgIpc) is 2.21. The highest BCUT2D eigenvalue weighted by atomic mass is 14.6. The third-order valence-electron chi connectivity index (χ3n) is 3.31. The van der Waals surface area contributed by atoms with Crippen LogP contribution in [0.25, 0.3) is 0 Å². The lowest BCUT2D eigenvalue weighted by molar-refractivity contribution is 0.349. The topological polar surface area (TPSA) is 26.0 Å². The van der Waals surface area contributed by atoms with Gasteiger partial charge >= 0.3 is 0 Å². The van der Waals surface area contributed by atoms with Crippen LogP contribution >= 0.6 is 0 Å². The van der Waals surface area contributed by atoms with Gasteiger partial charge in [0.25, 0.3) is 0 Å². The number of nitrogens with two attached hydrogens (primary N) is 1. The third-order valence-corrected chi connectivity index (χ3v) is 3.31. The Bertz CT molecular complexity index is 291. The second-order valence-corrected chi connectivity index (χ2v) is 4.65. The van der Waals surface area contributed by atoms with E-state index in [4.69, 9.17) is 5.73 Å². The first-order valence-corrected chi connectivity index (χ1v) is 5.98. The van der Waals surface area contributed by atoms with Crippen LogP contribution < -0.4 is 5.73 Å². The number of anilines is 1. The largest absolute Gasteiger partial charge is 0.399 e. The van der Waals surface area contributed by atoms with Crippen molar-refractivity contribution in [2.75, 3.05) is 5.73 Å². The van der Waals surface area contributed by atoms with Crippen molar-refractivity contribution in [3.8, 4) is 0 Å². The summed E-state index contributed by atoms with van der Waals surface area (Å²) >= 11 is 0. The Kier molecular flexibility index (Phi) is 4.67. The predicted molar refractivity (Wildman–Crippen MR) is 67.8 cm³/mol. The molecule has 0 heterocycles. The number of para-hydroxylation sites is 1. The minimum Gasteiger partial charge on any atom is -0.399 e. The van der Waals surface area contributed by atoms with Gasteiger partial charge in [-0.1, -0.05) is 45.4 Å². The summed E-state index contributed by atoms with van der Waals surface area (Å²) in [4.78, 5) is 0. The van der Waals surface area contributed by atoms with Gasteiger partial charge in [-0.25, -0.2) is 0 Å². The van der Waals surface area contributed by atoms with Gasteiger partial charge in [0.15, 0.2) is 0 Å². The average molecular weight is 205 g/mol. The molecule has 0 aliphatic heterocycles. The smallest absolute Gasteiger partial charge is 0.0346 e. The van der Waals surface area contributed by atoms with E-state index in [1.165, 1.54) is 18.4 Å². The number of hydrogen-bond donors (Lipinski definition) is 1. The van der Waals surface area contributed by atoms with Crippen molar-refractivity contribution in [2.45, 2.75) is 40.0 Å². The SMILES string of the molecule is CCC(CCc1ccccc1N)C(C)C. The van der Waals surface area contributed by atoms with Crippen molar-refractivity contribution < 1.29 is 0 Å². The minimum absolute atomic E-state index is 0.778. The van der Waals surface area contributed by atoms with E-state index in [2.05, 4.69) is 32.9 Å². The van der Waals surface area contributed by atoms with Crippen molar-refractivity contribution in [3.63, 3.8) is 0 Å². The van der Waals surface area contributed by atoms with Crippen molar-refractivity contribution >= 4 is 5.69 Å². The Morgan fingerprint density at radius 3 is 2.40 bits per heavy atom. The summed E-state index contributed by atoms with van der Waals surface area (Å²) in [5.74, 6) is 1.60. The number of benzene rings is 1. The van der Waals surface area contributed by atoms with Crippen LogP contribution in [0.3, 0.4) is 0 Å². The van der Waals surface area contributed by atoms with Crippen molar-refractivity contribution in [1.29, 1.82) is 0 Å². The lowest BCUT2D eigenvalue weighted by Crippen LogP contribution is -2.09. The van der Waals surface area contributed by atoms with Gasteiger partial charge < -0.3 is 5.73 Å². The van der Waals surface area contributed by atoms with E-state index in [0.717, 1.165) is 23.9 Å². The van der Waals surface area contributed by atoms with Crippen LogP contribution in [0.2, 0.25) is 0 Å². The standard InChI is InChI=1S/C14H23N/c1-4-12(11(2)3)9-10-13-7-5-6-8-14(13)15/h5-8,11-12H,4,9-10,15H2,1-3H3. The van der Waals surface area contributed by atoms with Crippen LogP contribution in [0, 0.1) is 11.8 Å². The molecule has 84 valence electrons. The fourth-order valence-corrected chi connectivity index (χ4v) is 2.11. The first kappa shape index (κ1) is 12.1. The zero-order valence-corrected chi connectivity index (χ0v) is 10.2. The maximum absolute atomic E-state index is 5.92. The van der Waals surface area contributed by atoms with Gasteiger partial charge in [0.2, 0.25) is 0 Å². The molecule has 15 heavy (non-hydrogen) atoms. The maximum atomic E-state index is 5.92. The Morgan fingerprint density at radius 1 is 1.20 bits per heavy atom. The molecule has 0 spiro atoms. The molecule has 0 aliphatic rings. The molecule has 1 unspecified atom stereocenters. The van der Waals surface area contributed by atoms with Gasteiger partial charge in [0, 0.05) is 5.69 Å². The first-order valence-electron chi connectivity index (χ1n) is 5.98. The van der Waals surface area contributed by atoms with Crippen LogP contribution in [0.4, 0.5) is 5.69 Å². The Labute approximate surface area is 93.7 Å². The minimum atomic E-state index is 0.778. The van der Waals surface area contributed by atoms with Gasteiger partial charge in [-0.2, -0.15) is 0 Å². The van der Waals surface area contributed by atoms with Gasteiger partial charge in [-0.05, 0) is 36.3 Å². The molecule has 1 atom stereocenters. The summed E-state index contributed by atoms with van der Waals surface area (Å²) in [6.45, 7) is 6.89. The monoisotopic (exact) mass is 205 g/mol. The highest BCUT2D eigenvalue weighted by Gasteiger charge is 2.11. The van der Waals surface area contributed by atoms with E-state index in [0.29, 0.717) is 0 Å². The molecule has 1 nitrogen and oxygen atoms in total. The molecule has 0 radical (unpaired) electrons. The normalized spacial score (nSPS) is 13.1. The summed E-state index contributed by atoms with van der Waals surface area (Å²) in [5.41, 5.74) is 8.17. The highest BCUT2D eigenvalue weighted by molar-refractivity contribution is 5.46. The Balaban J connectivity index is 2.53. The molecule has 1 heteroatoms. The molecule has 0 fully saturated rings. The molecule has 0 aromatic heterocycles. The molecule has 2 N–H and O–H groups in total. The van der Waals surface area contributed by atoms with E-state index in [-0.39, 0.29) is 0 Å². The van der Waals surface area contributed by atoms with E-state index in [1.54, 1.807) is 0 Å². The quantitative estimate of drug-likeness (QED) is 0.725. The van der Waals surface area contributed by atoms with E-state index >= 15 is 0 Å².